The summed E-state index contributed by atoms with van der Waals surface area (Å²) in [5, 5.41) is 8.88. The molecule has 19 heavy (non-hydrogen) atoms. The normalized spacial score (nSPS) is 11.8. The van der Waals surface area contributed by atoms with Crippen molar-refractivity contribution < 1.29 is 18.3 Å². The zero-order valence-corrected chi connectivity index (χ0v) is 11.2. The first-order valence-corrected chi connectivity index (χ1v) is 7.63. The fourth-order valence-electron chi connectivity index (χ4n) is 1.76. The number of carboxylic acids is 1. The topological polar surface area (TPSA) is 89.3 Å². The van der Waals surface area contributed by atoms with E-state index >= 15 is 0 Å². The smallest absolute Gasteiger partial charge is 0.335 e. The molecule has 0 atom stereocenters. The monoisotopic (exact) mass is 282 g/mol. The van der Waals surface area contributed by atoms with Crippen LogP contribution in [0.1, 0.15) is 17.3 Å². The van der Waals surface area contributed by atoms with E-state index in [0.717, 1.165) is 5.52 Å². The summed E-state index contributed by atoms with van der Waals surface area (Å²) < 4.78 is 24.6. The van der Waals surface area contributed by atoms with Gasteiger partial charge in [0.2, 0.25) is 0 Å². The molecular weight excluding hydrogens is 268 g/mol. The second kappa shape index (κ2) is 5.00. The summed E-state index contributed by atoms with van der Waals surface area (Å²) in [5.41, 5.74) is 1.45. The van der Waals surface area contributed by atoms with Gasteiger partial charge in [-0.3, -0.25) is 0 Å². The van der Waals surface area contributed by atoms with Crippen LogP contribution in [0.25, 0.3) is 11.0 Å². The Balaban J connectivity index is 2.29. The molecule has 0 aliphatic heterocycles. The van der Waals surface area contributed by atoms with Gasteiger partial charge >= 0.3 is 5.97 Å². The first kappa shape index (κ1) is 13.5. The average molecular weight is 282 g/mol. The molecule has 102 valence electrons. The summed E-state index contributed by atoms with van der Waals surface area (Å²) in [4.78, 5) is 14.9. The van der Waals surface area contributed by atoms with Crippen LogP contribution in [0.5, 0.6) is 0 Å². The maximum Gasteiger partial charge on any atom is 0.335 e. The zero-order chi connectivity index (χ0) is 14.0. The molecule has 2 aromatic rings. The average Bonchev–Trinajstić information content (AvgIpc) is 2.78. The number of carbonyl (C=O) groups is 1. The number of benzene rings is 1. The van der Waals surface area contributed by atoms with Crippen LogP contribution in [0.15, 0.2) is 24.5 Å². The lowest BCUT2D eigenvalue weighted by Gasteiger charge is -2.04. The fraction of sp³-hybridized carbons (Fsp3) is 0.333. The molecular formula is C12H14N2O4S. The minimum absolute atomic E-state index is 0.0512. The molecule has 0 radical (unpaired) electrons. The van der Waals surface area contributed by atoms with E-state index in [0.29, 0.717) is 12.1 Å². The van der Waals surface area contributed by atoms with Gasteiger partial charge in [0.05, 0.1) is 28.7 Å². The van der Waals surface area contributed by atoms with Gasteiger partial charge in [0, 0.05) is 12.3 Å². The highest BCUT2D eigenvalue weighted by Gasteiger charge is 2.11. The van der Waals surface area contributed by atoms with Crippen molar-refractivity contribution in [3.8, 4) is 0 Å². The summed E-state index contributed by atoms with van der Waals surface area (Å²) in [7, 11) is -3.03. The molecule has 2 rings (SSSR count). The van der Waals surface area contributed by atoms with Crippen LogP contribution >= 0.6 is 0 Å². The van der Waals surface area contributed by atoms with Crippen molar-refractivity contribution in [2.24, 2.45) is 0 Å². The summed E-state index contributed by atoms with van der Waals surface area (Å²) >= 11 is 0. The molecule has 0 unspecified atom stereocenters. The quantitative estimate of drug-likeness (QED) is 0.889. The Hall–Kier alpha value is -1.89. The third-order valence-electron chi connectivity index (χ3n) is 2.95. The molecule has 1 heterocycles. The Kier molecular flexibility index (Phi) is 3.57. The number of hydrogen-bond acceptors (Lipinski definition) is 4. The Morgan fingerprint density at radius 1 is 1.42 bits per heavy atom. The number of carboxylic acid groups (broad SMARTS) is 1. The van der Waals surface area contributed by atoms with E-state index in [2.05, 4.69) is 4.98 Å². The SMILES string of the molecule is CCS(=O)(=O)CCn1cnc2cc(C(=O)O)ccc21. The van der Waals surface area contributed by atoms with E-state index in [-0.39, 0.29) is 17.1 Å². The second-order valence-electron chi connectivity index (χ2n) is 4.18. The van der Waals surface area contributed by atoms with E-state index < -0.39 is 15.8 Å². The van der Waals surface area contributed by atoms with Crippen molar-refractivity contribution in [3.63, 3.8) is 0 Å². The van der Waals surface area contributed by atoms with Crippen molar-refractivity contribution in [2.75, 3.05) is 11.5 Å². The summed E-state index contributed by atoms with van der Waals surface area (Å²) in [6, 6.07) is 4.60. The predicted octanol–water partition coefficient (Wildman–Crippen LogP) is 1.17. The van der Waals surface area contributed by atoms with Gasteiger partial charge in [-0.15, -0.1) is 0 Å². The van der Waals surface area contributed by atoms with Gasteiger partial charge < -0.3 is 9.67 Å². The number of imidazole rings is 1. The maximum absolute atomic E-state index is 11.5. The number of aromatic nitrogens is 2. The minimum atomic E-state index is -3.03. The van der Waals surface area contributed by atoms with Gasteiger partial charge in [0.1, 0.15) is 0 Å². The molecule has 0 fully saturated rings. The molecule has 1 aromatic carbocycles. The number of fused-ring (bicyclic) bond motifs is 1. The number of aromatic carboxylic acids is 1. The third-order valence-corrected chi connectivity index (χ3v) is 4.64. The lowest BCUT2D eigenvalue weighted by Crippen LogP contribution is -2.14. The maximum atomic E-state index is 11.5. The fourth-order valence-corrected chi connectivity index (χ4v) is 2.52. The van der Waals surface area contributed by atoms with E-state index in [1.165, 1.54) is 18.5 Å². The van der Waals surface area contributed by atoms with Crippen molar-refractivity contribution in [3.05, 3.63) is 30.1 Å². The number of nitrogens with zero attached hydrogens (tertiary/aromatic N) is 2. The van der Waals surface area contributed by atoms with Crippen molar-refractivity contribution in [1.82, 2.24) is 9.55 Å². The van der Waals surface area contributed by atoms with Crippen molar-refractivity contribution in [1.29, 1.82) is 0 Å². The summed E-state index contributed by atoms with van der Waals surface area (Å²) in [6.07, 6.45) is 1.53. The van der Waals surface area contributed by atoms with E-state index in [1.54, 1.807) is 17.6 Å². The highest BCUT2D eigenvalue weighted by Crippen LogP contribution is 2.15. The minimum Gasteiger partial charge on any atom is -0.478 e. The Morgan fingerprint density at radius 2 is 2.16 bits per heavy atom. The van der Waals surface area contributed by atoms with Crippen LogP contribution in [0, 0.1) is 0 Å². The summed E-state index contributed by atoms with van der Waals surface area (Å²) in [5.74, 6) is -0.844. The van der Waals surface area contributed by atoms with Crippen LogP contribution in [0.2, 0.25) is 0 Å². The molecule has 0 amide bonds. The molecule has 0 saturated heterocycles. The Bertz CT molecular complexity index is 718. The number of sulfone groups is 1. The number of rotatable bonds is 5. The standard InChI is InChI=1S/C12H14N2O4S/c1-2-19(17,18)6-5-14-8-13-10-7-9(12(15)16)3-4-11(10)14/h3-4,7-8H,2,5-6H2,1H3,(H,15,16). The molecule has 6 nitrogen and oxygen atoms in total. The highest BCUT2D eigenvalue weighted by atomic mass is 32.2. The molecule has 7 heteroatoms. The lowest BCUT2D eigenvalue weighted by molar-refractivity contribution is 0.0697. The van der Waals surface area contributed by atoms with E-state index in [4.69, 9.17) is 5.11 Å². The van der Waals surface area contributed by atoms with Crippen LogP contribution in [0.3, 0.4) is 0 Å². The van der Waals surface area contributed by atoms with Crippen LogP contribution in [0.4, 0.5) is 0 Å². The first-order valence-electron chi connectivity index (χ1n) is 5.81. The van der Waals surface area contributed by atoms with Crippen molar-refractivity contribution in [2.45, 2.75) is 13.5 Å². The zero-order valence-electron chi connectivity index (χ0n) is 10.4. The van der Waals surface area contributed by atoms with Gasteiger partial charge in [0.15, 0.2) is 9.84 Å². The molecule has 0 aliphatic carbocycles. The van der Waals surface area contributed by atoms with Gasteiger partial charge in [-0.1, -0.05) is 6.92 Å². The number of hydrogen-bond donors (Lipinski definition) is 1. The predicted molar refractivity (Wildman–Crippen MR) is 71.0 cm³/mol. The first-order chi connectivity index (χ1) is 8.93. The lowest BCUT2D eigenvalue weighted by atomic mass is 10.2. The largest absolute Gasteiger partial charge is 0.478 e. The van der Waals surface area contributed by atoms with E-state index in [1.807, 2.05) is 0 Å². The second-order valence-corrected chi connectivity index (χ2v) is 6.66. The molecule has 0 spiro atoms. The molecule has 0 aliphatic rings. The van der Waals surface area contributed by atoms with E-state index in [9.17, 15) is 13.2 Å². The molecule has 1 N–H and O–H groups in total. The molecule has 0 bridgehead atoms. The highest BCUT2D eigenvalue weighted by molar-refractivity contribution is 7.91. The van der Waals surface area contributed by atoms with Gasteiger partial charge in [-0.25, -0.2) is 18.2 Å². The summed E-state index contributed by atoms with van der Waals surface area (Å²) in [6.45, 7) is 1.93. The van der Waals surface area contributed by atoms with Gasteiger partial charge in [-0.05, 0) is 18.2 Å². The van der Waals surface area contributed by atoms with Gasteiger partial charge in [0.25, 0.3) is 0 Å². The number of aryl methyl sites for hydroxylation is 1. The Morgan fingerprint density at radius 3 is 2.79 bits per heavy atom. The van der Waals surface area contributed by atoms with Crippen LogP contribution in [-0.2, 0) is 16.4 Å². The molecule has 1 aromatic heterocycles. The Labute approximate surface area is 110 Å². The van der Waals surface area contributed by atoms with Crippen LogP contribution in [-0.4, -0.2) is 40.6 Å². The van der Waals surface area contributed by atoms with Crippen LogP contribution < -0.4 is 0 Å². The third kappa shape index (κ3) is 2.93. The van der Waals surface area contributed by atoms with Gasteiger partial charge in [-0.2, -0.15) is 0 Å². The molecule has 0 saturated carbocycles. The van der Waals surface area contributed by atoms with Crippen molar-refractivity contribution >= 4 is 26.8 Å².